The zero-order valence-electron chi connectivity index (χ0n) is 11.1. The minimum Gasteiger partial charge on any atom is -0.356 e. The molecule has 0 atom stereocenters. The first kappa shape index (κ1) is 13.5. The van der Waals surface area contributed by atoms with Crippen LogP contribution >= 0.6 is 0 Å². The molecule has 7 nitrogen and oxygen atoms in total. The maximum absolute atomic E-state index is 11.8. The Morgan fingerprint density at radius 2 is 2.26 bits per heavy atom. The molecule has 19 heavy (non-hydrogen) atoms. The Labute approximate surface area is 111 Å². The molecule has 2 aromatic heterocycles. The molecule has 0 unspecified atom stereocenters. The molecule has 0 saturated heterocycles. The fourth-order valence-electron chi connectivity index (χ4n) is 1.92. The molecule has 2 heterocycles. The van der Waals surface area contributed by atoms with E-state index in [9.17, 15) is 4.79 Å². The van der Waals surface area contributed by atoms with Gasteiger partial charge in [-0.15, -0.1) is 0 Å². The third-order valence-corrected chi connectivity index (χ3v) is 2.99. The number of aryl methyl sites for hydroxylation is 1. The number of hydrogen-bond donors (Lipinski definition) is 3. The van der Waals surface area contributed by atoms with Crippen molar-refractivity contribution in [1.29, 1.82) is 0 Å². The maximum Gasteiger partial charge on any atom is 0.280 e. The lowest BCUT2D eigenvalue weighted by Crippen LogP contribution is -2.15. The highest BCUT2D eigenvalue weighted by Gasteiger charge is 2.08. The van der Waals surface area contributed by atoms with Crippen molar-refractivity contribution in [1.82, 2.24) is 19.5 Å². The lowest BCUT2D eigenvalue weighted by molar-refractivity contribution is 0.705. The highest BCUT2D eigenvalue weighted by Crippen LogP contribution is 2.07. The minimum absolute atomic E-state index is 0.207. The molecule has 2 rings (SSSR count). The predicted octanol–water partition coefficient (Wildman–Crippen LogP) is 0.680. The fourth-order valence-corrected chi connectivity index (χ4v) is 1.92. The summed E-state index contributed by atoms with van der Waals surface area (Å²) >= 11 is 0. The van der Waals surface area contributed by atoms with E-state index in [1.54, 1.807) is 6.33 Å². The van der Waals surface area contributed by atoms with Gasteiger partial charge in [-0.2, -0.15) is 4.98 Å². The average Bonchev–Trinajstić information content (AvgIpc) is 2.82. The second kappa shape index (κ2) is 6.33. The normalized spacial score (nSPS) is 11.1. The van der Waals surface area contributed by atoms with Crippen LogP contribution in [0, 0.1) is 0 Å². The summed E-state index contributed by atoms with van der Waals surface area (Å²) in [7, 11) is 0. The molecule has 0 aliphatic rings. The van der Waals surface area contributed by atoms with Crippen LogP contribution < -0.4 is 16.6 Å². The molecule has 0 saturated carbocycles. The minimum atomic E-state index is -0.207. The van der Waals surface area contributed by atoms with Gasteiger partial charge >= 0.3 is 0 Å². The highest BCUT2D eigenvalue weighted by atomic mass is 16.1. The number of nitrogens with zero attached hydrogens (tertiary/aromatic N) is 3. The molecule has 0 amide bonds. The van der Waals surface area contributed by atoms with Gasteiger partial charge in [-0.05, 0) is 26.3 Å². The maximum atomic E-state index is 11.8. The van der Waals surface area contributed by atoms with Crippen molar-refractivity contribution in [3.8, 4) is 0 Å². The Morgan fingerprint density at radius 1 is 1.42 bits per heavy atom. The standard InChI is InChI=1S/C12H20N6O/c1-2-18-8-15-9-10(18)16-12(17-11(9)19)14-7-5-3-4-6-13/h8H,2-7,13H2,1H3,(H2,14,16,17,19). The Kier molecular flexibility index (Phi) is 4.51. The number of imidazole rings is 1. The zero-order chi connectivity index (χ0) is 13.7. The number of aromatic nitrogens is 4. The van der Waals surface area contributed by atoms with Gasteiger partial charge in [0, 0.05) is 13.1 Å². The van der Waals surface area contributed by atoms with Crippen LogP contribution in [0.3, 0.4) is 0 Å². The van der Waals surface area contributed by atoms with Crippen molar-refractivity contribution < 1.29 is 0 Å². The lowest BCUT2D eigenvalue weighted by Gasteiger charge is -2.05. The van der Waals surface area contributed by atoms with Gasteiger partial charge < -0.3 is 15.6 Å². The number of fused-ring (bicyclic) bond motifs is 1. The quantitative estimate of drug-likeness (QED) is 0.638. The van der Waals surface area contributed by atoms with E-state index in [1.807, 2.05) is 11.5 Å². The zero-order valence-corrected chi connectivity index (χ0v) is 11.1. The third kappa shape index (κ3) is 3.11. The third-order valence-electron chi connectivity index (χ3n) is 2.99. The van der Waals surface area contributed by atoms with Crippen molar-refractivity contribution in [2.24, 2.45) is 5.73 Å². The molecule has 7 heteroatoms. The second-order valence-electron chi connectivity index (χ2n) is 4.39. The van der Waals surface area contributed by atoms with E-state index in [1.165, 1.54) is 0 Å². The van der Waals surface area contributed by atoms with Crippen LogP contribution in [-0.4, -0.2) is 32.6 Å². The van der Waals surface area contributed by atoms with Gasteiger partial charge in [0.1, 0.15) is 0 Å². The summed E-state index contributed by atoms with van der Waals surface area (Å²) in [6.07, 6.45) is 4.74. The number of rotatable bonds is 7. The van der Waals surface area contributed by atoms with Crippen LogP contribution in [-0.2, 0) is 6.54 Å². The van der Waals surface area contributed by atoms with Gasteiger partial charge in [0.05, 0.1) is 6.33 Å². The summed E-state index contributed by atoms with van der Waals surface area (Å²) in [5.41, 5.74) is 6.23. The van der Waals surface area contributed by atoms with Crippen molar-refractivity contribution in [2.75, 3.05) is 18.4 Å². The van der Waals surface area contributed by atoms with Gasteiger partial charge in [-0.1, -0.05) is 6.42 Å². The fraction of sp³-hybridized carbons (Fsp3) is 0.583. The van der Waals surface area contributed by atoms with E-state index in [4.69, 9.17) is 5.73 Å². The number of H-pyrrole nitrogens is 1. The largest absolute Gasteiger partial charge is 0.356 e. The Balaban J connectivity index is 2.09. The summed E-state index contributed by atoms with van der Waals surface area (Å²) in [5.74, 6) is 0.500. The van der Waals surface area contributed by atoms with E-state index >= 15 is 0 Å². The highest BCUT2D eigenvalue weighted by molar-refractivity contribution is 5.70. The van der Waals surface area contributed by atoms with Crippen LogP contribution in [0.25, 0.3) is 11.2 Å². The molecule has 2 aromatic rings. The van der Waals surface area contributed by atoms with Crippen LogP contribution in [0.1, 0.15) is 26.2 Å². The molecule has 0 bridgehead atoms. The van der Waals surface area contributed by atoms with Crippen LogP contribution in [0.2, 0.25) is 0 Å². The molecule has 0 fully saturated rings. The average molecular weight is 264 g/mol. The number of anilines is 1. The second-order valence-corrected chi connectivity index (χ2v) is 4.39. The molecular formula is C12H20N6O. The topological polar surface area (TPSA) is 102 Å². The van der Waals surface area contributed by atoms with Gasteiger partial charge in [-0.3, -0.25) is 9.78 Å². The van der Waals surface area contributed by atoms with Crippen LogP contribution in [0.15, 0.2) is 11.1 Å². The molecular weight excluding hydrogens is 244 g/mol. The van der Waals surface area contributed by atoms with Crippen molar-refractivity contribution in [3.63, 3.8) is 0 Å². The first-order valence-corrected chi connectivity index (χ1v) is 6.65. The van der Waals surface area contributed by atoms with E-state index in [-0.39, 0.29) is 5.56 Å². The number of nitrogens with two attached hydrogens (primary N) is 1. The summed E-state index contributed by atoms with van der Waals surface area (Å²) in [5, 5.41) is 3.13. The van der Waals surface area contributed by atoms with E-state index in [0.29, 0.717) is 17.1 Å². The molecule has 0 aliphatic carbocycles. The van der Waals surface area contributed by atoms with Gasteiger partial charge in [0.2, 0.25) is 5.95 Å². The molecule has 0 aromatic carbocycles. The summed E-state index contributed by atoms with van der Waals surface area (Å²) < 4.78 is 1.85. The monoisotopic (exact) mass is 264 g/mol. The summed E-state index contributed by atoms with van der Waals surface area (Å²) in [6.45, 7) is 4.22. The van der Waals surface area contributed by atoms with Crippen LogP contribution in [0.4, 0.5) is 5.95 Å². The van der Waals surface area contributed by atoms with E-state index < -0.39 is 0 Å². The summed E-state index contributed by atoms with van der Waals surface area (Å²) in [6, 6.07) is 0. The van der Waals surface area contributed by atoms with Gasteiger partial charge in [0.15, 0.2) is 11.2 Å². The molecule has 0 spiro atoms. The van der Waals surface area contributed by atoms with Crippen molar-refractivity contribution in [2.45, 2.75) is 32.7 Å². The van der Waals surface area contributed by atoms with E-state index in [0.717, 1.165) is 38.9 Å². The SMILES string of the molecule is CCn1cnc2c(=O)[nH]c(NCCCCCN)nc21. The van der Waals surface area contributed by atoms with Crippen molar-refractivity contribution in [3.05, 3.63) is 16.7 Å². The first-order valence-electron chi connectivity index (χ1n) is 6.65. The van der Waals surface area contributed by atoms with Gasteiger partial charge in [-0.25, -0.2) is 4.98 Å². The number of nitrogens with one attached hydrogen (secondary N) is 2. The molecule has 4 N–H and O–H groups in total. The Bertz CT molecular complexity index is 587. The smallest absolute Gasteiger partial charge is 0.280 e. The van der Waals surface area contributed by atoms with Crippen molar-refractivity contribution >= 4 is 17.1 Å². The van der Waals surface area contributed by atoms with Crippen LogP contribution in [0.5, 0.6) is 0 Å². The predicted molar refractivity (Wildman–Crippen MR) is 75.2 cm³/mol. The lowest BCUT2D eigenvalue weighted by atomic mass is 10.2. The Hall–Kier alpha value is -1.89. The summed E-state index contributed by atoms with van der Waals surface area (Å²) in [4.78, 5) is 23.0. The molecule has 0 aliphatic heterocycles. The number of unbranched alkanes of at least 4 members (excludes halogenated alkanes) is 2. The van der Waals surface area contributed by atoms with Gasteiger partial charge in [0.25, 0.3) is 5.56 Å². The number of aromatic amines is 1. The molecule has 104 valence electrons. The number of hydrogen-bond acceptors (Lipinski definition) is 5. The first-order chi connectivity index (χ1) is 9.26. The Morgan fingerprint density at radius 3 is 3.00 bits per heavy atom. The van der Waals surface area contributed by atoms with E-state index in [2.05, 4.69) is 20.3 Å². The molecule has 0 radical (unpaired) electrons.